The zero-order valence-corrected chi connectivity index (χ0v) is 13.9. The Labute approximate surface area is 122 Å². The van der Waals surface area contributed by atoms with E-state index in [4.69, 9.17) is 5.84 Å². The summed E-state index contributed by atoms with van der Waals surface area (Å²) in [6, 6.07) is 0. The number of nitrogens with zero attached hydrogens (tertiary/aromatic N) is 2. The van der Waals surface area contributed by atoms with Crippen LogP contribution in [0.25, 0.3) is 0 Å². The molecule has 0 aliphatic rings. The van der Waals surface area contributed by atoms with E-state index in [0.29, 0.717) is 11.2 Å². The average molecular weight is 279 g/mol. The molecule has 0 fully saturated rings. The van der Waals surface area contributed by atoms with E-state index in [1.807, 2.05) is 6.92 Å². The molecule has 1 aromatic rings. The Morgan fingerprint density at radius 2 is 1.55 bits per heavy atom. The van der Waals surface area contributed by atoms with E-state index in [0.717, 1.165) is 30.2 Å². The van der Waals surface area contributed by atoms with Gasteiger partial charge >= 0.3 is 0 Å². The summed E-state index contributed by atoms with van der Waals surface area (Å²) in [5, 5.41) is 3.41. The largest absolute Gasteiger partial charge is 0.370 e. The number of nitrogen functional groups attached to an aromatic ring is 1. The standard InChI is InChI=1S/C15H29N5/c1-10-11(17-9-8-14(2,3)4)18-13(15(5,6)7)19-12(10)20-16/h8-9,16H2,1-7H3,(H2,17,18,19,20). The van der Waals surface area contributed by atoms with Crippen LogP contribution in [-0.2, 0) is 5.41 Å². The maximum atomic E-state index is 5.56. The van der Waals surface area contributed by atoms with Crippen LogP contribution < -0.4 is 16.6 Å². The van der Waals surface area contributed by atoms with Crippen molar-refractivity contribution in [1.82, 2.24) is 9.97 Å². The van der Waals surface area contributed by atoms with Crippen molar-refractivity contribution >= 4 is 11.6 Å². The first kappa shape index (κ1) is 16.7. The summed E-state index contributed by atoms with van der Waals surface area (Å²) in [4.78, 5) is 9.15. The quantitative estimate of drug-likeness (QED) is 0.583. The number of hydrogen-bond donors (Lipinski definition) is 3. The van der Waals surface area contributed by atoms with Crippen LogP contribution in [0.5, 0.6) is 0 Å². The first-order valence-electron chi connectivity index (χ1n) is 7.14. The SMILES string of the molecule is Cc1c(NN)nc(C(C)(C)C)nc1NCCC(C)(C)C. The van der Waals surface area contributed by atoms with Crippen LogP contribution in [0.15, 0.2) is 0 Å². The molecule has 0 aromatic carbocycles. The molecule has 1 aromatic heterocycles. The molecule has 0 spiro atoms. The summed E-state index contributed by atoms with van der Waals surface area (Å²) in [7, 11) is 0. The molecule has 1 heterocycles. The molecule has 0 aliphatic heterocycles. The van der Waals surface area contributed by atoms with Crippen LogP contribution in [0.2, 0.25) is 0 Å². The van der Waals surface area contributed by atoms with E-state index in [1.54, 1.807) is 0 Å². The summed E-state index contributed by atoms with van der Waals surface area (Å²) in [6.07, 6.45) is 1.08. The van der Waals surface area contributed by atoms with Crippen LogP contribution in [0.3, 0.4) is 0 Å². The first-order chi connectivity index (χ1) is 9.04. The lowest BCUT2D eigenvalue weighted by molar-refractivity contribution is 0.389. The van der Waals surface area contributed by atoms with Crippen LogP contribution in [0.4, 0.5) is 11.6 Å². The third-order valence-electron chi connectivity index (χ3n) is 3.12. The van der Waals surface area contributed by atoms with Gasteiger partial charge < -0.3 is 10.7 Å². The molecule has 0 bridgehead atoms. The number of nitrogens with one attached hydrogen (secondary N) is 2. The van der Waals surface area contributed by atoms with E-state index in [2.05, 4.69) is 62.3 Å². The molecular weight excluding hydrogens is 250 g/mol. The number of hydrogen-bond acceptors (Lipinski definition) is 5. The molecule has 0 saturated carbocycles. The number of nitrogens with two attached hydrogens (primary N) is 1. The van der Waals surface area contributed by atoms with Crippen molar-refractivity contribution < 1.29 is 0 Å². The second kappa shape index (κ2) is 5.95. The zero-order valence-electron chi connectivity index (χ0n) is 13.9. The highest BCUT2D eigenvalue weighted by Gasteiger charge is 2.21. The van der Waals surface area contributed by atoms with Gasteiger partial charge in [-0.15, -0.1) is 0 Å². The summed E-state index contributed by atoms with van der Waals surface area (Å²) < 4.78 is 0. The van der Waals surface area contributed by atoms with Crippen LogP contribution in [-0.4, -0.2) is 16.5 Å². The van der Waals surface area contributed by atoms with Gasteiger partial charge in [-0.2, -0.15) is 0 Å². The van der Waals surface area contributed by atoms with Gasteiger partial charge in [0.15, 0.2) is 0 Å². The van der Waals surface area contributed by atoms with Gasteiger partial charge in [-0.05, 0) is 18.8 Å². The van der Waals surface area contributed by atoms with Crippen molar-refractivity contribution in [2.24, 2.45) is 11.3 Å². The first-order valence-corrected chi connectivity index (χ1v) is 7.14. The molecule has 0 saturated heterocycles. The van der Waals surface area contributed by atoms with Gasteiger partial charge in [-0.25, -0.2) is 15.8 Å². The van der Waals surface area contributed by atoms with Gasteiger partial charge in [0, 0.05) is 17.5 Å². The maximum Gasteiger partial charge on any atom is 0.148 e. The molecule has 4 N–H and O–H groups in total. The lowest BCUT2D eigenvalue weighted by atomic mass is 9.92. The number of aromatic nitrogens is 2. The normalized spacial score (nSPS) is 12.4. The Kier molecular flexibility index (Phi) is 4.97. The predicted octanol–water partition coefficient (Wildman–Crippen LogP) is 3.22. The lowest BCUT2D eigenvalue weighted by Gasteiger charge is -2.22. The molecule has 5 heteroatoms. The highest BCUT2D eigenvalue weighted by Crippen LogP contribution is 2.26. The molecule has 0 amide bonds. The smallest absolute Gasteiger partial charge is 0.148 e. The van der Waals surface area contributed by atoms with Crippen LogP contribution >= 0.6 is 0 Å². The number of hydrazine groups is 1. The minimum Gasteiger partial charge on any atom is -0.370 e. The fraction of sp³-hybridized carbons (Fsp3) is 0.733. The Bertz CT molecular complexity index is 455. The molecule has 0 unspecified atom stereocenters. The topological polar surface area (TPSA) is 75.9 Å². The minimum atomic E-state index is -0.111. The lowest BCUT2D eigenvalue weighted by Crippen LogP contribution is -2.22. The summed E-state index contributed by atoms with van der Waals surface area (Å²) >= 11 is 0. The second-order valence-corrected chi connectivity index (χ2v) is 7.50. The number of anilines is 2. The van der Waals surface area contributed by atoms with Crippen LogP contribution in [0.1, 0.15) is 59.4 Å². The Balaban J connectivity index is 3.00. The van der Waals surface area contributed by atoms with Crippen molar-refractivity contribution in [3.05, 3.63) is 11.4 Å². The second-order valence-electron chi connectivity index (χ2n) is 7.50. The van der Waals surface area contributed by atoms with E-state index in [1.165, 1.54) is 0 Å². The van der Waals surface area contributed by atoms with E-state index in [-0.39, 0.29) is 5.41 Å². The Morgan fingerprint density at radius 3 is 2.00 bits per heavy atom. The summed E-state index contributed by atoms with van der Waals surface area (Å²) in [5.41, 5.74) is 3.81. The third-order valence-corrected chi connectivity index (χ3v) is 3.12. The molecular formula is C15H29N5. The molecule has 1 rings (SSSR count). The predicted molar refractivity (Wildman–Crippen MR) is 85.8 cm³/mol. The van der Waals surface area contributed by atoms with E-state index >= 15 is 0 Å². The van der Waals surface area contributed by atoms with E-state index in [9.17, 15) is 0 Å². The fourth-order valence-electron chi connectivity index (χ4n) is 1.72. The minimum absolute atomic E-state index is 0.111. The monoisotopic (exact) mass is 279 g/mol. The van der Waals surface area contributed by atoms with Gasteiger partial charge in [0.05, 0.1) is 0 Å². The van der Waals surface area contributed by atoms with Crippen molar-refractivity contribution in [2.45, 2.75) is 60.3 Å². The fourth-order valence-corrected chi connectivity index (χ4v) is 1.72. The van der Waals surface area contributed by atoms with Crippen molar-refractivity contribution in [3.8, 4) is 0 Å². The highest BCUT2D eigenvalue weighted by molar-refractivity contribution is 5.57. The Morgan fingerprint density at radius 1 is 1.00 bits per heavy atom. The Hall–Kier alpha value is -1.36. The highest BCUT2D eigenvalue weighted by atomic mass is 15.3. The maximum absolute atomic E-state index is 5.56. The molecule has 5 nitrogen and oxygen atoms in total. The van der Waals surface area contributed by atoms with Gasteiger partial charge in [0.25, 0.3) is 0 Å². The van der Waals surface area contributed by atoms with Gasteiger partial charge in [-0.3, -0.25) is 0 Å². The number of rotatable bonds is 4. The molecule has 114 valence electrons. The molecule has 20 heavy (non-hydrogen) atoms. The average Bonchev–Trinajstić information content (AvgIpc) is 2.28. The van der Waals surface area contributed by atoms with Gasteiger partial charge in [0.1, 0.15) is 17.5 Å². The van der Waals surface area contributed by atoms with E-state index < -0.39 is 0 Å². The van der Waals surface area contributed by atoms with Crippen molar-refractivity contribution in [3.63, 3.8) is 0 Å². The van der Waals surface area contributed by atoms with Crippen molar-refractivity contribution in [2.75, 3.05) is 17.3 Å². The summed E-state index contributed by atoms with van der Waals surface area (Å²) in [5.74, 6) is 7.89. The zero-order chi connectivity index (χ0) is 15.6. The van der Waals surface area contributed by atoms with Crippen molar-refractivity contribution in [1.29, 1.82) is 0 Å². The molecule has 0 radical (unpaired) electrons. The van der Waals surface area contributed by atoms with Gasteiger partial charge in [-0.1, -0.05) is 41.5 Å². The third kappa shape index (κ3) is 4.63. The van der Waals surface area contributed by atoms with Crippen LogP contribution in [0, 0.1) is 12.3 Å². The molecule has 0 aliphatic carbocycles. The molecule has 0 atom stereocenters. The van der Waals surface area contributed by atoms with Gasteiger partial charge in [0.2, 0.25) is 0 Å². The summed E-state index contributed by atoms with van der Waals surface area (Å²) in [6.45, 7) is 15.8.